The van der Waals surface area contributed by atoms with Crippen LogP contribution in [0.1, 0.15) is 25.0 Å². The molecule has 1 aliphatic rings. The van der Waals surface area contributed by atoms with Crippen LogP contribution in [-0.4, -0.2) is 0 Å². The average molecular weight is 544 g/mol. The van der Waals surface area contributed by atoms with E-state index in [1.807, 2.05) is 11.3 Å². The summed E-state index contributed by atoms with van der Waals surface area (Å²) in [6.45, 7) is 4.74. The van der Waals surface area contributed by atoms with Crippen molar-refractivity contribution in [3.63, 3.8) is 0 Å². The smallest absolute Gasteiger partial charge is 0.0465 e. The van der Waals surface area contributed by atoms with E-state index in [4.69, 9.17) is 0 Å². The predicted octanol–water partition coefficient (Wildman–Crippen LogP) is 11.5. The van der Waals surface area contributed by atoms with E-state index in [9.17, 15) is 0 Å². The van der Waals surface area contributed by atoms with Gasteiger partial charge in [0, 0.05) is 42.6 Å². The largest absolute Gasteiger partial charge is 0.310 e. The van der Waals surface area contributed by atoms with Gasteiger partial charge in [0.2, 0.25) is 0 Å². The second-order valence-electron chi connectivity index (χ2n) is 11.4. The van der Waals surface area contributed by atoms with Crippen LogP contribution >= 0.6 is 11.3 Å². The quantitative estimate of drug-likeness (QED) is 0.213. The SMILES string of the molecule is CC1(C)c2cc(-c3ccc4sc5ccccc5c4c3)ccc2-c2ccc(N(c3ccccc3)c3ccccc3)cc21. The molecule has 2 heteroatoms. The minimum Gasteiger partial charge on any atom is -0.310 e. The number of thiophene rings is 1. The maximum Gasteiger partial charge on any atom is 0.0465 e. The Balaban J connectivity index is 1.23. The summed E-state index contributed by atoms with van der Waals surface area (Å²) < 4.78 is 2.69. The number of benzene rings is 6. The van der Waals surface area contributed by atoms with Crippen LogP contribution in [0.3, 0.4) is 0 Å². The molecule has 1 nitrogen and oxygen atoms in total. The van der Waals surface area contributed by atoms with Crippen molar-refractivity contribution in [1.82, 2.24) is 0 Å². The number of nitrogens with zero attached hydrogens (tertiary/aromatic N) is 1. The normalized spacial score (nSPS) is 13.3. The second-order valence-corrected chi connectivity index (χ2v) is 12.5. The minimum absolute atomic E-state index is 0.116. The summed E-state index contributed by atoms with van der Waals surface area (Å²) in [5.74, 6) is 0. The lowest BCUT2D eigenvalue weighted by Gasteiger charge is -2.28. The molecule has 0 bridgehead atoms. The number of hydrogen-bond acceptors (Lipinski definition) is 2. The fourth-order valence-corrected chi connectivity index (χ4v) is 7.64. The summed E-state index contributed by atoms with van der Waals surface area (Å²) in [7, 11) is 0. The maximum absolute atomic E-state index is 2.43. The molecule has 0 aliphatic heterocycles. The summed E-state index contributed by atoms with van der Waals surface area (Å²) >= 11 is 1.87. The van der Waals surface area contributed by atoms with Crippen LogP contribution < -0.4 is 4.90 Å². The molecule has 0 saturated carbocycles. The highest BCUT2D eigenvalue weighted by atomic mass is 32.1. The first-order valence-electron chi connectivity index (χ1n) is 14.2. The number of fused-ring (bicyclic) bond motifs is 6. The monoisotopic (exact) mass is 543 g/mol. The molecule has 1 heterocycles. The minimum atomic E-state index is -0.116. The Bertz CT molecular complexity index is 2030. The van der Waals surface area contributed by atoms with Gasteiger partial charge in [0.25, 0.3) is 0 Å². The van der Waals surface area contributed by atoms with Gasteiger partial charge in [0.05, 0.1) is 0 Å². The lowest BCUT2D eigenvalue weighted by Crippen LogP contribution is -2.16. The highest BCUT2D eigenvalue weighted by molar-refractivity contribution is 7.25. The first-order valence-corrected chi connectivity index (χ1v) is 15.0. The van der Waals surface area contributed by atoms with Gasteiger partial charge in [-0.25, -0.2) is 0 Å². The van der Waals surface area contributed by atoms with Gasteiger partial charge >= 0.3 is 0 Å². The van der Waals surface area contributed by atoms with Crippen LogP contribution in [0.2, 0.25) is 0 Å². The summed E-state index contributed by atoms with van der Waals surface area (Å²) in [6.07, 6.45) is 0. The Morgan fingerprint density at radius 1 is 0.463 bits per heavy atom. The summed E-state index contributed by atoms with van der Waals surface area (Å²) in [4.78, 5) is 2.35. The molecule has 0 atom stereocenters. The molecule has 0 unspecified atom stereocenters. The van der Waals surface area contributed by atoms with E-state index >= 15 is 0 Å². The Morgan fingerprint density at radius 2 is 1.02 bits per heavy atom. The molecule has 7 aromatic rings. The molecule has 0 fully saturated rings. The van der Waals surface area contributed by atoms with Gasteiger partial charge in [0.1, 0.15) is 0 Å². The third-order valence-corrected chi connectivity index (χ3v) is 9.81. The van der Waals surface area contributed by atoms with E-state index in [2.05, 4.69) is 158 Å². The van der Waals surface area contributed by atoms with Crippen LogP contribution in [0.5, 0.6) is 0 Å². The van der Waals surface area contributed by atoms with E-state index in [-0.39, 0.29) is 5.41 Å². The summed E-state index contributed by atoms with van der Waals surface area (Å²) in [5, 5.41) is 2.69. The van der Waals surface area contributed by atoms with Crippen molar-refractivity contribution in [2.75, 3.05) is 4.90 Å². The van der Waals surface area contributed by atoms with Gasteiger partial charge in [-0.1, -0.05) is 92.7 Å². The maximum atomic E-state index is 2.43. The molecule has 196 valence electrons. The molecule has 8 rings (SSSR count). The molecule has 6 aromatic carbocycles. The average Bonchev–Trinajstić information content (AvgIpc) is 3.50. The van der Waals surface area contributed by atoms with Crippen molar-refractivity contribution in [3.05, 3.63) is 151 Å². The van der Waals surface area contributed by atoms with E-state index in [1.54, 1.807) is 0 Å². The highest BCUT2D eigenvalue weighted by Gasteiger charge is 2.36. The predicted molar refractivity (Wildman–Crippen MR) is 177 cm³/mol. The Kier molecular flexibility index (Phi) is 5.42. The molecule has 1 aliphatic carbocycles. The standard InChI is InChI=1S/C39H29NS/c1-39(2)35-24-27(26-18-22-38-34(23-26)33-15-9-10-16-37(33)41-38)17-20-31(35)32-21-19-30(25-36(32)39)40(28-11-5-3-6-12-28)29-13-7-4-8-14-29/h3-25H,1-2H3. The van der Waals surface area contributed by atoms with Crippen LogP contribution in [-0.2, 0) is 5.41 Å². The van der Waals surface area contributed by atoms with Gasteiger partial charge in [0.15, 0.2) is 0 Å². The van der Waals surface area contributed by atoms with Crippen LogP contribution in [0.25, 0.3) is 42.4 Å². The van der Waals surface area contributed by atoms with Crippen LogP contribution in [0.4, 0.5) is 17.1 Å². The zero-order chi connectivity index (χ0) is 27.6. The molecule has 0 spiro atoms. The number of para-hydroxylation sites is 2. The second kappa shape index (κ2) is 9.19. The zero-order valence-corrected chi connectivity index (χ0v) is 24.0. The van der Waals surface area contributed by atoms with Gasteiger partial charge in [-0.05, 0) is 94.0 Å². The molecule has 0 saturated heterocycles. The number of anilines is 3. The Morgan fingerprint density at radius 3 is 1.76 bits per heavy atom. The van der Waals surface area contributed by atoms with Gasteiger partial charge < -0.3 is 4.90 Å². The van der Waals surface area contributed by atoms with Crippen LogP contribution in [0, 0.1) is 0 Å². The van der Waals surface area contributed by atoms with Gasteiger partial charge in [-0.15, -0.1) is 11.3 Å². The van der Waals surface area contributed by atoms with E-state index in [0.29, 0.717) is 0 Å². The van der Waals surface area contributed by atoms with Crippen molar-refractivity contribution < 1.29 is 0 Å². The molecule has 0 radical (unpaired) electrons. The lowest BCUT2D eigenvalue weighted by atomic mass is 9.81. The molecular formula is C39H29NS. The van der Waals surface area contributed by atoms with Crippen LogP contribution in [0.15, 0.2) is 140 Å². The molecule has 41 heavy (non-hydrogen) atoms. The van der Waals surface area contributed by atoms with Crippen molar-refractivity contribution >= 4 is 48.6 Å². The number of rotatable bonds is 4. The molecule has 1 aromatic heterocycles. The fourth-order valence-electron chi connectivity index (χ4n) is 6.55. The van der Waals surface area contributed by atoms with Crippen molar-refractivity contribution in [2.24, 2.45) is 0 Å². The van der Waals surface area contributed by atoms with Crippen molar-refractivity contribution in [3.8, 4) is 22.3 Å². The third kappa shape index (κ3) is 3.83. The topological polar surface area (TPSA) is 3.24 Å². The zero-order valence-electron chi connectivity index (χ0n) is 23.1. The fraction of sp³-hybridized carbons (Fsp3) is 0.0769. The Hall–Kier alpha value is -4.66. The molecular weight excluding hydrogens is 515 g/mol. The van der Waals surface area contributed by atoms with Gasteiger partial charge in [-0.3, -0.25) is 0 Å². The first-order chi connectivity index (χ1) is 20.1. The van der Waals surface area contributed by atoms with Crippen molar-refractivity contribution in [1.29, 1.82) is 0 Å². The molecule has 0 N–H and O–H groups in total. The van der Waals surface area contributed by atoms with Gasteiger partial charge in [-0.2, -0.15) is 0 Å². The first kappa shape index (κ1) is 24.2. The Labute approximate surface area is 245 Å². The van der Waals surface area contributed by atoms with E-state index in [1.165, 1.54) is 59.2 Å². The summed E-state index contributed by atoms with van der Waals surface area (Å²) in [5.41, 5.74) is 11.4. The highest BCUT2D eigenvalue weighted by Crippen LogP contribution is 2.51. The lowest BCUT2D eigenvalue weighted by molar-refractivity contribution is 0.660. The van der Waals surface area contributed by atoms with Crippen molar-refractivity contribution in [2.45, 2.75) is 19.3 Å². The van der Waals surface area contributed by atoms with E-state index in [0.717, 1.165) is 11.4 Å². The number of hydrogen-bond donors (Lipinski definition) is 0. The summed E-state index contributed by atoms with van der Waals surface area (Å²) in [6, 6.07) is 51.0. The third-order valence-electron chi connectivity index (χ3n) is 8.66. The molecule has 0 amide bonds. The van der Waals surface area contributed by atoms with E-state index < -0.39 is 0 Å².